The Kier molecular flexibility index (Phi) is 4.48. The van der Waals surface area contributed by atoms with Gasteiger partial charge in [-0.1, -0.05) is 20.3 Å². The van der Waals surface area contributed by atoms with Crippen molar-refractivity contribution >= 4 is 0 Å². The summed E-state index contributed by atoms with van der Waals surface area (Å²) in [5.41, 5.74) is 6.54. The van der Waals surface area contributed by atoms with E-state index in [-0.39, 0.29) is 0 Å². The molecule has 0 unspecified atom stereocenters. The van der Waals surface area contributed by atoms with Crippen LogP contribution in [0.5, 0.6) is 0 Å². The monoisotopic (exact) mass is 238 g/mol. The molecule has 2 heteroatoms. The van der Waals surface area contributed by atoms with Crippen LogP contribution in [-0.2, 0) is 0 Å². The maximum Gasteiger partial charge on any atom is 0.0334 e. The van der Waals surface area contributed by atoms with Crippen LogP contribution in [0.3, 0.4) is 0 Å². The van der Waals surface area contributed by atoms with Gasteiger partial charge in [0.1, 0.15) is 0 Å². The fraction of sp³-hybridized carbons (Fsp3) is 1.00. The Bertz CT molecular complexity index is 227. The van der Waals surface area contributed by atoms with Gasteiger partial charge in [-0.25, -0.2) is 0 Å². The Morgan fingerprint density at radius 1 is 1.12 bits per heavy atom. The maximum absolute atomic E-state index is 6.18. The van der Waals surface area contributed by atoms with Crippen LogP contribution >= 0.6 is 0 Å². The van der Waals surface area contributed by atoms with E-state index in [0.29, 0.717) is 5.54 Å². The highest BCUT2D eigenvalue weighted by Crippen LogP contribution is 2.42. The first kappa shape index (κ1) is 13.4. The highest BCUT2D eigenvalue weighted by Gasteiger charge is 2.44. The molecule has 2 saturated carbocycles. The lowest BCUT2D eigenvalue weighted by atomic mass is 9.74. The van der Waals surface area contributed by atoms with Crippen molar-refractivity contribution in [3.63, 3.8) is 0 Å². The second-order valence-electron chi connectivity index (χ2n) is 6.20. The van der Waals surface area contributed by atoms with Crippen molar-refractivity contribution in [1.29, 1.82) is 0 Å². The molecule has 2 nitrogen and oxygen atoms in total. The van der Waals surface area contributed by atoms with Crippen LogP contribution in [0.25, 0.3) is 0 Å². The van der Waals surface area contributed by atoms with E-state index >= 15 is 0 Å². The van der Waals surface area contributed by atoms with Gasteiger partial charge in [-0.3, -0.25) is 4.90 Å². The second kappa shape index (κ2) is 5.71. The molecule has 0 aromatic rings. The quantitative estimate of drug-likeness (QED) is 0.770. The van der Waals surface area contributed by atoms with Crippen molar-refractivity contribution in [2.45, 2.75) is 76.8 Å². The molecule has 17 heavy (non-hydrogen) atoms. The molecule has 0 bridgehead atoms. The fourth-order valence-electron chi connectivity index (χ4n) is 3.67. The zero-order chi connectivity index (χ0) is 12.3. The normalized spacial score (nSPS) is 34.2. The molecule has 2 aliphatic rings. The van der Waals surface area contributed by atoms with Gasteiger partial charge in [0, 0.05) is 18.1 Å². The molecule has 100 valence electrons. The molecule has 0 spiro atoms. The Hall–Kier alpha value is -0.0800. The van der Waals surface area contributed by atoms with Crippen molar-refractivity contribution in [3.8, 4) is 0 Å². The SMILES string of the molecule is CCCN(C1CC1)C1(CN)CCC(CC)CC1. The number of nitrogens with zero attached hydrogens (tertiary/aromatic N) is 1. The Labute approximate surface area is 107 Å². The zero-order valence-corrected chi connectivity index (χ0v) is 11.8. The molecule has 0 aromatic carbocycles. The molecule has 0 heterocycles. The Morgan fingerprint density at radius 3 is 2.18 bits per heavy atom. The van der Waals surface area contributed by atoms with E-state index in [4.69, 9.17) is 5.73 Å². The van der Waals surface area contributed by atoms with Gasteiger partial charge in [-0.15, -0.1) is 0 Å². The highest BCUT2D eigenvalue weighted by molar-refractivity contribution is 5.01. The summed E-state index contributed by atoms with van der Waals surface area (Å²) in [4.78, 5) is 2.79. The molecule has 2 N–H and O–H groups in total. The standard InChI is InChI=1S/C15H30N2/c1-3-11-17(14-5-6-14)15(12-16)9-7-13(4-2)8-10-15/h13-14H,3-12,16H2,1-2H3. The summed E-state index contributed by atoms with van der Waals surface area (Å²) < 4.78 is 0. The third-order valence-electron chi connectivity index (χ3n) is 5.05. The molecule has 0 atom stereocenters. The zero-order valence-electron chi connectivity index (χ0n) is 11.8. The number of hydrogen-bond donors (Lipinski definition) is 1. The van der Waals surface area contributed by atoms with Crippen LogP contribution in [0.4, 0.5) is 0 Å². The molecule has 0 saturated heterocycles. The summed E-state index contributed by atoms with van der Waals surface area (Å²) in [7, 11) is 0. The summed E-state index contributed by atoms with van der Waals surface area (Å²) in [6.07, 6.45) is 11.0. The van der Waals surface area contributed by atoms with E-state index in [1.54, 1.807) is 0 Å². The summed E-state index contributed by atoms with van der Waals surface area (Å²) in [5.74, 6) is 0.970. The Morgan fingerprint density at radius 2 is 1.76 bits per heavy atom. The number of nitrogens with two attached hydrogens (primary N) is 1. The molecular weight excluding hydrogens is 208 g/mol. The first-order valence-corrected chi connectivity index (χ1v) is 7.72. The molecular formula is C15H30N2. The number of hydrogen-bond acceptors (Lipinski definition) is 2. The summed E-state index contributed by atoms with van der Waals surface area (Å²) in [5, 5.41) is 0. The number of rotatable bonds is 6. The van der Waals surface area contributed by atoms with Crippen LogP contribution in [0.2, 0.25) is 0 Å². The average molecular weight is 238 g/mol. The molecule has 0 aliphatic heterocycles. The van der Waals surface area contributed by atoms with Gasteiger partial charge >= 0.3 is 0 Å². The van der Waals surface area contributed by atoms with E-state index in [2.05, 4.69) is 18.7 Å². The second-order valence-corrected chi connectivity index (χ2v) is 6.20. The first-order valence-electron chi connectivity index (χ1n) is 7.72. The summed E-state index contributed by atoms with van der Waals surface area (Å²) >= 11 is 0. The van der Waals surface area contributed by atoms with E-state index in [9.17, 15) is 0 Å². The van der Waals surface area contributed by atoms with Crippen molar-refractivity contribution < 1.29 is 0 Å². The van der Waals surface area contributed by atoms with Gasteiger partial charge in [0.2, 0.25) is 0 Å². The van der Waals surface area contributed by atoms with E-state index in [1.165, 1.54) is 57.9 Å². The molecule has 2 fully saturated rings. The molecule has 2 aliphatic carbocycles. The Balaban J connectivity index is 2.02. The minimum absolute atomic E-state index is 0.364. The van der Waals surface area contributed by atoms with Crippen LogP contribution < -0.4 is 5.73 Å². The van der Waals surface area contributed by atoms with Crippen molar-refractivity contribution in [2.24, 2.45) is 11.7 Å². The van der Waals surface area contributed by atoms with E-state index in [1.807, 2.05) is 0 Å². The van der Waals surface area contributed by atoms with Gasteiger partial charge in [-0.05, 0) is 57.4 Å². The van der Waals surface area contributed by atoms with Gasteiger partial charge in [0.25, 0.3) is 0 Å². The van der Waals surface area contributed by atoms with Crippen LogP contribution in [0, 0.1) is 5.92 Å². The van der Waals surface area contributed by atoms with Crippen molar-refractivity contribution in [2.75, 3.05) is 13.1 Å². The van der Waals surface area contributed by atoms with Crippen LogP contribution in [0.15, 0.2) is 0 Å². The molecule has 0 radical (unpaired) electrons. The summed E-state index contributed by atoms with van der Waals surface area (Å²) in [6, 6.07) is 0.872. The lowest BCUT2D eigenvalue weighted by Gasteiger charge is -2.48. The van der Waals surface area contributed by atoms with Gasteiger partial charge in [0.15, 0.2) is 0 Å². The first-order chi connectivity index (χ1) is 8.25. The van der Waals surface area contributed by atoms with Crippen LogP contribution in [-0.4, -0.2) is 29.6 Å². The molecule has 0 amide bonds. The van der Waals surface area contributed by atoms with Crippen molar-refractivity contribution in [3.05, 3.63) is 0 Å². The maximum atomic E-state index is 6.18. The minimum atomic E-state index is 0.364. The average Bonchev–Trinajstić information content (AvgIpc) is 3.20. The predicted molar refractivity (Wildman–Crippen MR) is 74.1 cm³/mol. The molecule has 2 rings (SSSR count). The lowest BCUT2D eigenvalue weighted by Crippen LogP contribution is -2.56. The van der Waals surface area contributed by atoms with Gasteiger partial charge < -0.3 is 5.73 Å². The van der Waals surface area contributed by atoms with E-state index < -0.39 is 0 Å². The van der Waals surface area contributed by atoms with E-state index in [0.717, 1.165) is 18.5 Å². The smallest absolute Gasteiger partial charge is 0.0334 e. The summed E-state index contributed by atoms with van der Waals surface area (Å²) in [6.45, 7) is 6.78. The fourth-order valence-corrected chi connectivity index (χ4v) is 3.67. The van der Waals surface area contributed by atoms with Crippen LogP contribution in [0.1, 0.15) is 65.2 Å². The topological polar surface area (TPSA) is 29.3 Å². The van der Waals surface area contributed by atoms with Gasteiger partial charge in [0.05, 0.1) is 0 Å². The minimum Gasteiger partial charge on any atom is -0.329 e. The van der Waals surface area contributed by atoms with Gasteiger partial charge in [-0.2, -0.15) is 0 Å². The lowest BCUT2D eigenvalue weighted by molar-refractivity contribution is 0.0344. The third kappa shape index (κ3) is 2.85. The largest absolute Gasteiger partial charge is 0.329 e. The third-order valence-corrected chi connectivity index (χ3v) is 5.05. The van der Waals surface area contributed by atoms with Crippen molar-refractivity contribution in [1.82, 2.24) is 4.90 Å². The predicted octanol–water partition coefficient (Wildman–Crippen LogP) is 3.16. The highest BCUT2D eigenvalue weighted by atomic mass is 15.3. The molecule has 0 aromatic heterocycles.